The summed E-state index contributed by atoms with van der Waals surface area (Å²) in [5.74, 6) is 1.00. The third kappa shape index (κ3) is 4.95. The Morgan fingerprint density at radius 2 is 1.81 bits per heavy atom. The van der Waals surface area contributed by atoms with Crippen LogP contribution in [0.4, 0.5) is 5.13 Å². The van der Waals surface area contributed by atoms with Crippen LogP contribution in [0, 0.1) is 0 Å². The number of thiazole rings is 1. The largest absolute Gasteiger partial charge is 0.481 e. The Kier molecular flexibility index (Phi) is 6.24. The Morgan fingerprint density at radius 3 is 2.44 bits per heavy atom. The molecule has 3 rings (SSSR count). The number of aromatic nitrogens is 1. The molecular weight excluding hydrogens is 356 g/mol. The van der Waals surface area contributed by atoms with Crippen molar-refractivity contribution in [3.63, 3.8) is 0 Å². The molecule has 1 heterocycles. The highest BCUT2D eigenvalue weighted by atomic mass is 32.1. The summed E-state index contributed by atoms with van der Waals surface area (Å²) in [4.78, 5) is 17.1. The van der Waals surface area contributed by atoms with Gasteiger partial charge in [0.15, 0.2) is 11.2 Å². The van der Waals surface area contributed by atoms with Crippen molar-refractivity contribution in [3.05, 3.63) is 65.5 Å². The second-order valence-electron chi connectivity index (χ2n) is 6.63. The number of nitrogens with one attached hydrogen (secondary N) is 1. The molecule has 1 unspecified atom stereocenters. The molecule has 1 amide bonds. The molecule has 1 atom stereocenters. The van der Waals surface area contributed by atoms with Gasteiger partial charge in [-0.3, -0.25) is 10.1 Å². The number of nitrogens with zero attached hydrogens (tertiary/aromatic N) is 1. The van der Waals surface area contributed by atoms with Gasteiger partial charge in [0.2, 0.25) is 0 Å². The van der Waals surface area contributed by atoms with Crippen molar-refractivity contribution < 1.29 is 9.53 Å². The van der Waals surface area contributed by atoms with Gasteiger partial charge in [-0.05, 0) is 30.0 Å². The first kappa shape index (κ1) is 19.1. The number of para-hydroxylation sites is 1. The molecule has 3 aromatic rings. The standard InChI is InChI=1S/C22H24N2O2S/c1-4-20(26-18-8-6-5-7-9-18)21(25)24-22-23-19(14-27-22)17-12-10-16(11-13-17)15(2)3/h5-15,20H,4H2,1-3H3,(H,23,24,25). The first-order chi connectivity index (χ1) is 13.1. The summed E-state index contributed by atoms with van der Waals surface area (Å²) in [5, 5.41) is 5.42. The molecule has 1 N–H and O–H groups in total. The van der Waals surface area contributed by atoms with Gasteiger partial charge in [-0.15, -0.1) is 11.3 Å². The van der Waals surface area contributed by atoms with Crippen molar-refractivity contribution in [3.8, 4) is 17.0 Å². The predicted molar refractivity (Wildman–Crippen MR) is 111 cm³/mol. The van der Waals surface area contributed by atoms with Crippen molar-refractivity contribution in [2.24, 2.45) is 0 Å². The summed E-state index contributed by atoms with van der Waals surface area (Å²) in [6, 6.07) is 17.8. The molecule has 0 aliphatic rings. The zero-order chi connectivity index (χ0) is 19.2. The number of hydrogen-bond donors (Lipinski definition) is 1. The Labute approximate surface area is 164 Å². The molecule has 0 fully saturated rings. The van der Waals surface area contributed by atoms with Crippen molar-refractivity contribution in [1.82, 2.24) is 4.98 Å². The van der Waals surface area contributed by atoms with Crippen LogP contribution in [0.1, 0.15) is 38.7 Å². The number of benzene rings is 2. The minimum Gasteiger partial charge on any atom is -0.481 e. The lowest BCUT2D eigenvalue weighted by Crippen LogP contribution is -2.32. The number of carbonyl (C=O) groups is 1. The maximum Gasteiger partial charge on any atom is 0.267 e. The number of hydrogen-bond acceptors (Lipinski definition) is 4. The van der Waals surface area contributed by atoms with Crippen molar-refractivity contribution in [2.75, 3.05) is 5.32 Å². The molecule has 0 radical (unpaired) electrons. The summed E-state index contributed by atoms with van der Waals surface area (Å²) in [5.41, 5.74) is 3.21. The van der Waals surface area contributed by atoms with E-state index in [1.165, 1.54) is 16.9 Å². The molecule has 0 saturated heterocycles. The van der Waals surface area contributed by atoms with Crippen LogP contribution in [-0.2, 0) is 4.79 Å². The Morgan fingerprint density at radius 1 is 1.11 bits per heavy atom. The van der Waals surface area contributed by atoms with Crippen LogP contribution in [-0.4, -0.2) is 17.0 Å². The van der Waals surface area contributed by atoms with Crippen LogP contribution in [0.15, 0.2) is 60.0 Å². The van der Waals surface area contributed by atoms with E-state index in [-0.39, 0.29) is 5.91 Å². The van der Waals surface area contributed by atoms with Gasteiger partial charge in [-0.1, -0.05) is 63.2 Å². The number of carbonyl (C=O) groups excluding carboxylic acids is 1. The zero-order valence-electron chi connectivity index (χ0n) is 15.8. The lowest BCUT2D eigenvalue weighted by molar-refractivity contribution is -0.122. The van der Waals surface area contributed by atoms with Gasteiger partial charge in [0, 0.05) is 10.9 Å². The molecule has 0 saturated carbocycles. The van der Waals surface area contributed by atoms with E-state index in [4.69, 9.17) is 4.74 Å². The lowest BCUT2D eigenvalue weighted by Gasteiger charge is -2.16. The first-order valence-electron chi connectivity index (χ1n) is 9.15. The molecule has 0 aliphatic carbocycles. The van der Waals surface area contributed by atoms with Crippen molar-refractivity contribution in [1.29, 1.82) is 0 Å². The summed E-state index contributed by atoms with van der Waals surface area (Å²) in [7, 11) is 0. The van der Waals surface area contributed by atoms with Gasteiger partial charge in [-0.25, -0.2) is 4.98 Å². The Hall–Kier alpha value is -2.66. The highest BCUT2D eigenvalue weighted by molar-refractivity contribution is 7.14. The van der Waals surface area contributed by atoms with Gasteiger partial charge in [0.1, 0.15) is 5.75 Å². The van der Waals surface area contributed by atoms with Gasteiger partial charge in [-0.2, -0.15) is 0 Å². The highest BCUT2D eigenvalue weighted by Gasteiger charge is 2.20. The van der Waals surface area contributed by atoms with Crippen LogP contribution in [0.5, 0.6) is 5.75 Å². The minimum atomic E-state index is -0.551. The predicted octanol–water partition coefficient (Wildman–Crippen LogP) is 5.73. The maximum absolute atomic E-state index is 12.5. The SMILES string of the molecule is CCC(Oc1ccccc1)C(=O)Nc1nc(-c2ccc(C(C)C)cc2)cs1. The maximum atomic E-state index is 12.5. The fourth-order valence-corrected chi connectivity index (χ4v) is 3.40. The fraction of sp³-hybridized carbons (Fsp3) is 0.273. The molecule has 5 heteroatoms. The average molecular weight is 381 g/mol. The third-order valence-corrected chi connectivity index (χ3v) is 5.05. The van der Waals surface area contributed by atoms with E-state index in [0.717, 1.165) is 11.3 Å². The van der Waals surface area contributed by atoms with E-state index in [2.05, 4.69) is 48.4 Å². The van der Waals surface area contributed by atoms with Crippen molar-refractivity contribution >= 4 is 22.4 Å². The molecule has 140 valence electrons. The van der Waals surface area contributed by atoms with Crippen LogP contribution in [0.3, 0.4) is 0 Å². The molecular formula is C22H24N2O2S. The summed E-state index contributed by atoms with van der Waals surface area (Å²) in [6.07, 6.45) is 0.0281. The summed E-state index contributed by atoms with van der Waals surface area (Å²) in [6.45, 7) is 6.27. The quantitative estimate of drug-likeness (QED) is 0.569. The number of amides is 1. The molecule has 1 aromatic heterocycles. The zero-order valence-corrected chi connectivity index (χ0v) is 16.6. The van der Waals surface area contributed by atoms with E-state index in [1.54, 1.807) is 0 Å². The summed E-state index contributed by atoms with van der Waals surface area (Å²) < 4.78 is 5.79. The average Bonchev–Trinajstić information content (AvgIpc) is 3.15. The van der Waals surface area contributed by atoms with Gasteiger partial charge < -0.3 is 4.74 Å². The normalized spacial score (nSPS) is 12.0. The number of rotatable bonds is 7. The molecule has 0 spiro atoms. The molecule has 27 heavy (non-hydrogen) atoms. The van der Waals surface area contributed by atoms with E-state index in [0.29, 0.717) is 23.2 Å². The molecule has 0 bridgehead atoms. The molecule has 2 aromatic carbocycles. The molecule has 4 nitrogen and oxygen atoms in total. The monoisotopic (exact) mass is 380 g/mol. The van der Waals surface area contributed by atoms with Crippen molar-refractivity contribution in [2.45, 2.75) is 39.2 Å². The van der Waals surface area contributed by atoms with Gasteiger partial charge in [0.05, 0.1) is 5.69 Å². The summed E-state index contributed by atoms with van der Waals surface area (Å²) >= 11 is 1.42. The fourth-order valence-electron chi connectivity index (χ4n) is 2.67. The van der Waals surface area contributed by atoms with E-state index >= 15 is 0 Å². The highest BCUT2D eigenvalue weighted by Crippen LogP contribution is 2.27. The number of ether oxygens (including phenoxy) is 1. The minimum absolute atomic E-state index is 0.183. The smallest absolute Gasteiger partial charge is 0.267 e. The van der Waals surface area contributed by atoms with Crippen LogP contribution < -0.4 is 10.1 Å². The van der Waals surface area contributed by atoms with Gasteiger partial charge >= 0.3 is 0 Å². The second kappa shape index (κ2) is 8.82. The Balaban J connectivity index is 1.66. The molecule has 0 aliphatic heterocycles. The first-order valence-corrected chi connectivity index (χ1v) is 10.0. The third-order valence-electron chi connectivity index (χ3n) is 4.29. The number of anilines is 1. The van der Waals surface area contributed by atoms with Gasteiger partial charge in [0.25, 0.3) is 5.91 Å². The van der Waals surface area contributed by atoms with Crippen LogP contribution in [0.2, 0.25) is 0 Å². The van der Waals surface area contributed by atoms with Crippen LogP contribution >= 0.6 is 11.3 Å². The van der Waals surface area contributed by atoms with E-state index in [1.807, 2.05) is 42.6 Å². The van der Waals surface area contributed by atoms with E-state index < -0.39 is 6.10 Å². The van der Waals surface area contributed by atoms with Crippen LogP contribution in [0.25, 0.3) is 11.3 Å². The van der Waals surface area contributed by atoms with E-state index in [9.17, 15) is 4.79 Å². The second-order valence-corrected chi connectivity index (χ2v) is 7.49. The lowest BCUT2D eigenvalue weighted by atomic mass is 10.0. The topological polar surface area (TPSA) is 51.2 Å². The Bertz CT molecular complexity index is 873.